The number of carbonyl (C=O) groups excluding carboxylic acids is 1. The lowest BCUT2D eigenvalue weighted by molar-refractivity contribution is -0.124. The zero-order chi connectivity index (χ0) is 12.2. The third-order valence-electron chi connectivity index (χ3n) is 3.33. The highest BCUT2D eigenvalue weighted by Gasteiger charge is 2.42. The van der Waals surface area contributed by atoms with Gasteiger partial charge in [0.05, 0.1) is 6.07 Å². The van der Waals surface area contributed by atoms with Crippen LogP contribution in [0.2, 0.25) is 0 Å². The monoisotopic (exact) mass is 224 g/mol. The Kier molecular flexibility index (Phi) is 4.31. The highest BCUT2D eigenvalue weighted by Crippen LogP contribution is 2.47. The highest BCUT2D eigenvalue weighted by molar-refractivity contribution is 5.81. The van der Waals surface area contributed by atoms with Gasteiger partial charge in [0.1, 0.15) is 5.92 Å². The average molecular weight is 224 g/mol. The lowest BCUT2D eigenvalue weighted by Gasteiger charge is -2.17. The van der Waals surface area contributed by atoms with Crippen LogP contribution in [-0.2, 0) is 4.79 Å². The van der Waals surface area contributed by atoms with Crippen molar-refractivity contribution in [2.24, 2.45) is 17.3 Å². The Bertz CT molecular complexity index is 290. The van der Waals surface area contributed by atoms with Crippen LogP contribution in [0.4, 0.5) is 0 Å². The van der Waals surface area contributed by atoms with Crippen molar-refractivity contribution in [3.63, 3.8) is 0 Å². The predicted octanol–water partition coefficient (Wildman–Crippen LogP) is 1.06. The fourth-order valence-electron chi connectivity index (χ4n) is 1.82. The standard InChI is InChI=1S/C12H20N2O2/c1-9(2)10(7-13)11(16)14-8-12(3-4-12)5-6-15/h9-10,15H,3-6,8H2,1-2H3,(H,14,16). The molecule has 90 valence electrons. The highest BCUT2D eigenvalue weighted by atomic mass is 16.3. The summed E-state index contributed by atoms with van der Waals surface area (Å²) in [5.41, 5.74) is 0.112. The van der Waals surface area contributed by atoms with E-state index in [9.17, 15) is 4.79 Å². The third-order valence-corrected chi connectivity index (χ3v) is 3.33. The molecule has 1 amide bonds. The first-order valence-electron chi connectivity index (χ1n) is 5.83. The molecule has 0 aromatic rings. The Morgan fingerprint density at radius 1 is 1.56 bits per heavy atom. The van der Waals surface area contributed by atoms with Crippen LogP contribution >= 0.6 is 0 Å². The molecular weight excluding hydrogens is 204 g/mol. The van der Waals surface area contributed by atoms with E-state index in [1.165, 1.54) is 0 Å². The quantitative estimate of drug-likeness (QED) is 0.708. The van der Waals surface area contributed by atoms with Gasteiger partial charge >= 0.3 is 0 Å². The van der Waals surface area contributed by atoms with Gasteiger partial charge in [-0.05, 0) is 30.6 Å². The van der Waals surface area contributed by atoms with Gasteiger partial charge in [0.15, 0.2) is 0 Å². The van der Waals surface area contributed by atoms with Gasteiger partial charge in [0.2, 0.25) is 5.91 Å². The number of rotatable bonds is 6. The maximum atomic E-state index is 11.7. The van der Waals surface area contributed by atoms with Crippen LogP contribution in [-0.4, -0.2) is 24.2 Å². The number of aliphatic hydroxyl groups is 1. The summed E-state index contributed by atoms with van der Waals surface area (Å²) in [7, 11) is 0. The van der Waals surface area contributed by atoms with E-state index in [0.29, 0.717) is 6.54 Å². The van der Waals surface area contributed by atoms with Gasteiger partial charge in [0, 0.05) is 13.2 Å². The largest absolute Gasteiger partial charge is 0.396 e. The summed E-state index contributed by atoms with van der Waals surface area (Å²) < 4.78 is 0. The van der Waals surface area contributed by atoms with Crippen molar-refractivity contribution < 1.29 is 9.90 Å². The molecule has 0 bridgehead atoms. The molecule has 0 radical (unpaired) electrons. The van der Waals surface area contributed by atoms with E-state index in [2.05, 4.69) is 5.32 Å². The second-order valence-electron chi connectivity index (χ2n) is 5.04. The molecule has 1 atom stereocenters. The lowest BCUT2D eigenvalue weighted by Crippen LogP contribution is -2.36. The summed E-state index contributed by atoms with van der Waals surface area (Å²) in [6, 6.07) is 2.03. The third kappa shape index (κ3) is 3.21. The van der Waals surface area contributed by atoms with E-state index in [4.69, 9.17) is 10.4 Å². The van der Waals surface area contributed by atoms with E-state index in [1.54, 1.807) is 0 Å². The second kappa shape index (κ2) is 5.31. The van der Waals surface area contributed by atoms with E-state index in [1.807, 2.05) is 19.9 Å². The maximum absolute atomic E-state index is 11.7. The Morgan fingerprint density at radius 2 is 2.19 bits per heavy atom. The van der Waals surface area contributed by atoms with Gasteiger partial charge in [-0.1, -0.05) is 13.8 Å². The molecule has 1 saturated carbocycles. The number of nitriles is 1. The molecule has 1 aliphatic rings. The van der Waals surface area contributed by atoms with Crippen molar-refractivity contribution in [2.45, 2.75) is 33.1 Å². The summed E-state index contributed by atoms with van der Waals surface area (Å²) in [6.07, 6.45) is 2.87. The molecule has 2 N–H and O–H groups in total. The fraction of sp³-hybridized carbons (Fsp3) is 0.833. The van der Waals surface area contributed by atoms with E-state index < -0.39 is 5.92 Å². The number of nitrogens with zero attached hydrogens (tertiary/aromatic N) is 1. The number of hydrogen-bond donors (Lipinski definition) is 2. The van der Waals surface area contributed by atoms with Crippen molar-refractivity contribution in [1.82, 2.24) is 5.32 Å². The van der Waals surface area contributed by atoms with Gasteiger partial charge in [0.25, 0.3) is 0 Å². The Labute approximate surface area is 96.6 Å². The van der Waals surface area contributed by atoms with Gasteiger partial charge in [-0.2, -0.15) is 5.26 Å². The summed E-state index contributed by atoms with van der Waals surface area (Å²) in [6.45, 7) is 4.50. The van der Waals surface area contributed by atoms with Crippen LogP contribution in [0.25, 0.3) is 0 Å². The molecule has 16 heavy (non-hydrogen) atoms. The first-order valence-corrected chi connectivity index (χ1v) is 5.83. The molecule has 4 heteroatoms. The van der Waals surface area contributed by atoms with Gasteiger partial charge < -0.3 is 10.4 Å². The van der Waals surface area contributed by atoms with E-state index in [-0.39, 0.29) is 23.8 Å². The van der Waals surface area contributed by atoms with E-state index >= 15 is 0 Å². The minimum Gasteiger partial charge on any atom is -0.396 e. The number of hydrogen-bond acceptors (Lipinski definition) is 3. The molecule has 1 unspecified atom stereocenters. The Morgan fingerprint density at radius 3 is 2.56 bits per heavy atom. The zero-order valence-electron chi connectivity index (χ0n) is 9.99. The summed E-state index contributed by atoms with van der Waals surface area (Å²) in [5.74, 6) is -0.704. The smallest absolute Gasteiger partial charge is 0.237 e. The fourth-order valence-corrected chi connectivity index (χ4v) is 1.82. The van der Waals surface area contributed by atoms with Crippen LogP contribution in [0.1, 0.15) is 33.1 Å². The molecular formula is C12H20N2O2. The molecule has 0 spiro atoms. The molecule has 0 saturated heterocycles. The molecule has 0 aromatic heterocycles. The topological polar surface area (TPSA) is 73.1 Å². The van der Waals surface area contributed by atoms with Crippen molar-refractivity contribution in [3.8, 4) is 6.07 Å². The van der Waals surface area contributed by atoms with Crippen LogP contribution in [0.5, 0.6) is 0 Å². The van der Waals surface area contributed by atoms with E-state index in [0.717, 1.165) is 19.3 Å². The maximum Gasteiger partial charge on any atom is 0.237 e. The lowest BCUT2D eigenvalue weighted by atomic mass is 9.96. The summed E-state index contributed by atoms with van der Waals surface area (Å²) in [4.78, 5) is 11.7. The zero-order valence-corrected chi connectivity index (χ0v) is 9.99. The van der Waals surface area contributed by atoms with Crippen molar-refractivity contribution in [2.75, 3.05) is 13.2 Å². The normalized spacial score (nSPS) is 18.9. The van der Waals surface area contributed by atoms with Crippen molar-refractivity contribution in [3.05, 3.63) is 0 Å². The predicted molar refractivity (Wildman–Crippen MR) is 60.3 cm³/mol. The Balaban J connectivity index is 2.38. The first kappa shape index (κ1) is 13.0. The molecule has 0 aromatic carbocycles. The first-order chi connectivity index (χ1) is 7.54. The Hall–Kier alpha value is -1.08. The van der Waals surface area contributed by atoms with Crippen LogP contribution in [0.3, 0.4) is 0 Å². The average Bonchev–Trinajstić information content (AvgIpc) is 2.97. The van der Waals surface area contributed by atoms with Gasteiger partial charge in [-0.3, -0.25) is 4.79 Å². The van der Waals surface area contributed by atoms with Crippen molar-refractivity contribution >= 4 is 5.91 Å². The molecule has 4 nitrogen and oxygen atoms in total. The second-order valence-corrected chi connectivity index (χ2v) is 5.04. The minimum absolute atomic E-state index is 0.0398. The van der Waals surface area contributed by atoms with Crippen LogP contribution in [0.15, 0.2) is 0 Å². The van der Waals surface area contributed by atoms with Gasteiger partial charge in [-0.15, -0.1) is 0 Å². The van der Waals surface area contributed by atoms with Crippen LogP contribution < -0.4 is 5.32 Å². The number of nitrogens with one attached hydrogen (secondary N) is 1. The summed E-state index contributed by atoms with van der Waals surface area (Å²) >= 11 is 0. The molecule has 0 heterocycles. The minimum atomic E-state index is -0.565. The molecule has 1 aliphatic carbocycles. The molecule has 1 rings (SSSR count). The van der Waals surface area contributed by atoms with Crippen LogP contribution in [0, 0.1) is 28.6 Å². The SMILES string of the molecule is CC(C)C(C#N)C(=O)NCC1(CCO)CC1. The summed E-state index contributed by atoms with van der Waals surface area (Å²) in [5, 5.41) is 20.6. The number of aliphatic hydroxyl groups excluding tert-OH is 1. The molecule has 1 fully saturated rings. The molecule has 0 aliphatic heterocycles. The van der Waals surface area contributed by atoms with Crippen molar-refractivity contribution in [1.29, 1.82) is 5.26 Å². The number of amides is 1. The van der Waals surface area contributed by atoms with Gasteiger partial charge in [-0.25, -0.2) is 0 Å². The number of carbonyl (C=O) groups is 1.